The Morgan fingerprint density at radius 3 is 2.68 bits per heavy atom. The Hall–Kier alpha value is -2.46. The van der Waals surface area contributed by atoms with E-state index in [0.717, 1.165) is 28.0 Å². The molecular formula is C24H27NO2S. The lowest BCUT2D eigenvalue weighted by atomic mass is 10.1. The van der Waals surface area contributed by atoms with Crippen LogP contribution in [0.1, 0.15) is 24.5 Å². The summed E-state index contributed by atoms with van der Waals surface area (Å²) in [6.07, 6.45) is 0.151. The second kappa shape index (κ2) is 10.2. The summed E-state index contributed by atoms with van der Waals surface area (Å²) in [5, 5.41) is 5.16. The van der Waals surface area contributed by atoms with Crippen molar-refractivity contribution in [2.24, 2.45) is 0 Å². The van der Waals surface area contributed by atoms with Crippen LogP contribution in [0, 0.1) is 6.92 Å². The van der Waals surface area contributed by atoms with Gasteiger partial charge in [-0.25, -0.2) is 0 Å². The number of nitrogens with one attached hydrogen (secondary N) is 1. The van der Waals surface area contributed by atoms with Gasteiger partial charge in [0.15, 0.2) is 6.10 Å². The molecule has 3 nitrogen and oxygen atoms in total. The lowest BCUT2D eigenvalue weighted by Crippen LogP contribution is -2.39. The standard InChI is InChI=1S/C24H27NO2S/c1-3-22(27-23-13-7-11-20-10-4-5-12-21(20)23)24(26)25-14-15-28-17-19-9-6-8-18(2)16-19/h4-13,16,22H,3,14-15,17H2,1-2H3,(H,25,26). The van der Waals surface area contributed by atoms with E-state index < -0.39 is 6.10 Å². The molecule has 0 saturated heterocycles. The Kier molecular flexibility index (Phi) is 7.38. The quantitative estimate of drug-likeness (QED) is 0.498. The third-order valence-electron chi connectivity index (χ3n) is 4.58. The smallest absolute Gasteiger partial charge is 0.261 e. The number of fused-ring (bicyclic) bond motifs is 1. The van der Waals surface area contributed by atoms with E-state index in [1.54, 1.807) is 0 Å². The molecule has 1 atom stereocenters. The Balaban J connectivity index is 1.48. The number of ether oxygens (including phenoxy) is 1. The zero-order valence-electron chi connectivity index (χ0n) is 16.5. The molecule has 146 valence electrons. The van der Waals surface area contributed by atoms with Crippen LogP contribution in [0.5, 0.6) is 5.75 Å². The molecule has 3 rings (SSSR count). The summed E-state index contributed by atoms with van der Waals surface area (Å²) in [6.45, 7) is 4.72. The van der Waals surface area contributed by atoms with Gasteiger partial charge in [0.2, 0.25) is 0 Å². The molecular weight excluding hydrogens is 366 g/mol. The number of rotatable bonds is 9. The molecule has 0 aromatic heterocycles. The first-order chi connectivity index (χ1) is 13.7. The Morgan fingerprint density at radius 1 is 1.07 bits per heavy atom. The molecule has 0 saturated carbocycles. The molecule has 0 fully saturated rings. The normalized spacial score (nSPS) is 11.9. The van der Waals surface area contributed by atoms with Crippen molar-refractivity contribution in [1.82, 2.24) is 5.32 Å². The van der Waals surface area contributed by atoms with Crippen LogP contribution in [0.25, 0.3) is 10.8 Å². The SMILES string of the molecule is CCC(Oc1cccc2ccccc12)C(=O)NCCSCc1cccc(C)c1. The predicted octanol–water partition coefficient (Wildman–Crippen LogP) is 5.36. The first-order valence-electron chi connectivity index (χ1n) is 9.73. The van der Waals surface area contributed by atoms with Gasteiger partial charge in [-0.3, -0.25) is 4.79 Å². The van der Waals surface area contributed by atoms with E-state index in [1.807, 2.05) is 49.0 Å². The molecule has 0 heterocycles. The van der Waals surface area contributed by atoms with Crippen molar-refractivity contribution in [1.29, 1.82) is 0 Å². The number of carbonyl (C=O) groups is 1. The van der Waals surface area contributed by atoms with Crippen molar-refractivity contribution >= 4 is 28.4 Å². The van der Waals surface area contributed by atoms with Crippen molar-refractivity contribution < 1.29 is 9.53 Å². The monoisotopic (exact) mass is 393 g/mol. The van der Waals surface area contributed by atoms with Crippen LogP contribution in [0.4, 0.5) is 0 Å². The predicted molar refractivity (Wildman–Crippen MR) is 119 cm³/mol. The topological polar surface area (TPSA) is 38.3 Å². The maximum absolute atomic E-state index is 12.5. The van der Waals surface area contributed by atoms with Crippen molar-refractivity contribution in [2.75, 3.05) is 12.3 Å². The molecule has 0 bridgehead atoms. The lowest BCUT2D eigenvalue weighted by Gasteiger charge is -2.18. The molecule has 1 N–H and O–H groups in total. The summed E-state index contributed by atoms with van der Waals surface area (Å²) >= 11 is 1.83. The van der Waals surface area contributed by atoms with Crippen LogP contribution < -0.4 is 10.1 Å². The van der Waals surface area contributed by atoms with Crippen LogP contribution >= 0.6 is 11.8 Å². The highest BCUT2D eigenvalue weighted by Gasteiger charge is 2.18. The summed E-state index contributed by atoms with van der Waals surface area (Å²) in [6, 6.07) is 22.5. The second-order valence-electron chi connectivity index (χ2n) is 6.82. The third-order valence-corrected chi connectivity index (χ3v) is 5.61. The van der Waals surface area contributed by atoms with E-state index in [4.69, 9.17) is 4.74 Å². The molecule has 1 unspecified atom stereocenters. The average molecular weight is 394 g/mol. The van der Waals surface area contributed by atoms with Gasteiger partial charge < -0.3 is 10.1 Å². The van der Waals surface area contributed by atoms with Crippen LogP contribution in [-0.4, -0.2) is 24.3 Å². The van der Waals surface area contributed by atoms with Crippen LogP contribution in [0.2, 0.25) is 0 Å². The van der Waals surface area contributed by atoms with Crippen molar-refractivity contribution in [3.63, 3.8) is 0 Å². The summed E-state index contributed by atoms with van der Waals surface area (Å²) < 4.78 is 6.06. The minimum absolute atomic E-state index is 0.0495. The number of hydrogen-bond donors (Lipinski definition) is 1. The molecule has 3 aromatic rings. The maximum atomic E-state index is 12.5. The Bertz CT molecular complexity index is 920. The zero-order chi connectivity index (χ0) is 19.8. The summed E-state index contributed by atoms with van der Waals surface area (Å²) in [5.41, 5.74) is 2.60. The highest BCUT2D eigenvalue weighted by atomic mass is 32.2. The van der Waals surface area contributed by atoms with Gasteiger partial charge in [0, 0.05) is 23.4 Å². The number of hydrogen-bond acceptors (Lipinski definition) is 3. The van der Waals surface area contributed by atoms with Crippen LogP contribution in [-0.2, 0) is 10.5 Å². The number of benzene rings is 3. The minimum atomic E-state index is -0.479. The van der Waals surface area contributed by atoms with Gasteiger partial charge in [0.25, 0.3) is 5.91 Å². The van der Waals surface area contributed by atoms with E-state index in [2.05, 4.69) is 48.6 Å². The third kappa shape index (κ3) is 5.52. The number of thioether (sulfide) groups is 1. The van der Waals surface area contributed by atoms with Crippen molar-refractivity contribution in [2.45, 2.75) is 32.1 Å². The summed E-state index contributed by atoms with van der Waals surface area (Å²) in [4.78, 5) is 12.5. The molecule has 0 aliphatic rings. The van der Waals surface area contributed by atoms with Gasteiger partial charge >= 0.3 is 0 Å². The molecule has 3 aromatic carbocycles. The van der Waals surface area contributed by atoms with E-state index in [9.17, 15) is 4.79 Å². The molecule has 28 heavy (non-hydrogen) atoms. The van der Waals surface area contributed by atoms with Gasteiger partial charge in [-0.1, -0.05) is 73.2 Å². The first kappa shape index (κ1) is 20.3. The largest absolute Gasteiger partial charge is 0.480 e. The maximum Gasteiger partial charge on any atom is 0.261 e. The fourth-order valence-corrected chi connectivity index (χ4v) is 3.93. The van der Waals surface area contributed by atoms with Gasteiger partial charge in [0.1, 0.15) is 5.75 Å². The van der Waals surface area contributed by atoms with Gasteiger partial charge in [0.05, 0.1) is 0 Å². The van der Waals surface area contributed by atoms with E-state index >= 15 is 0 Å². The van der Waals surface area contributed by atoms with Gasteiger partial charge in [-0.05, 0) is 30.4 Å². The van der Waals surface area contributed by atoms with Gasteiger partial charge in [-0.2, -0.15) is 11.8 Å². The van der Waals surface area contributed by atoms with Crippen LogP contribution in [0.3, 0.4) is 0 Å². The molecule has 0 aliphatic heterocycles. The van der Waals surface area contributed by atoms with E-state index in [1.165, 1.54) is 11.1 Å². The summed E-state index contributed by atoms with van der Waals surface area (Å²) in [7, 11) is 0. The first-order valence-corrected chi connectivity index (χ1v) is 10.9. The van der Waals surface area contributed by atoms with E-state index in [0.29, 0.717) is 13.0 Å². The molecule has 0 radical (unpaired) electrons. The summed E-state index contributed by atoms with van der Waals surface area (Å²) in [5.74, 6) is 2.55. The molecule has 0 aliphatic carbocycles. The average Bonchev–Trinajstić information content (AvgIpc) is 2.71. The molecule has 1 amide bonds. The minimum Gasteiger partial charge on any atom is -0.480 e. The second-order valence-corrected chi connectivity index (χ2v) is 7.93. The fraction of sp³-hybridized carbons (Fsp3) is 0.292. The lowest BCUT2D eigenvalue weighted by molar-refractivity contribution is -0.127. The Labute approximate surface area is 171 Å². The van der Waals surface area contributed by atoms with Crippen molar-refractivity contribution in [3.05, 3.63) is 77.9 Å². The zero-order valence-corrected chi connectivity index (χ0v) is 17.3. The number of amides is 1. The highest BCUT2D eigenvalue weighted by molar-refractivity contribution is 7.98. The van der Waals surface area contributed by atoms with Crippen LogP contribution in [0.15, 0.2) is 66.7 Å². The number of aryl methyl sites for hydroxylation is 1. The van der Waals surface area contributed by atoms with Crippen molar-refractivity contribution in [3.8, 4) is 5.75 Å². The molecule has 4 heteroatoms. The molecule has 0 spiro atoms. The highest BCUT2D eigenvalue weighted by Crippen LogP contribution is 2.26. The van der Waals surface area contributed by atoms with Gasteiger partial charge in [-0.15, -0.1) is 0 Å². The fourth-order valence-electron chi connectivity index (χ4n) is 3.13. The Morgan fingerprint density at radius 2 is 1.86 bits per heavy atom. The number of carbonyl (C=O) groups excluding carboxylic acids is 1. The van der Waals surface area contributed by atoms with E-state index in [-0.39, 0.29) is 5.91 Å².